The van der Waals surface area contributed by atoms with Crippen LogP contribution in [0.2, 0.25) is 0 Å². The van der Waals surface area contributed by atoms with E-state index in [4.69, 9.17) is 0 Å². The third-order valence-electron chi connectivity index (χ3n) is 5.95. The maximum absolute atomic E-state index is 13.3. The molecule has 1 unspecified atom stereocenters. The van der Waals surface area contributed by atoms with Gasteiger partial charge in [-0.1, -0.05) is 42.5 Å². The van der Waals surface area contributed by atoms with Crippen LogP contribution in [-0.2, 0) is 16.0 Å². The molecule has 1 N–H and O–H groups in total. The number of amides is 3. The molecule has 0 aromatic heterocycles. The molecule has 170 valence electrons. The summed E-state index contributed by atoms with van der Waals surface area (Å²) in [4.78, 5) is 41.2. The predicted octanol–water partition coefficient (Wildman–Crippen LogP) is 3.01. The van der Waals surface area contributed by atoms with Crippen molar-refractivity contribution in [3.05, 3.63) is 83.7 Å². The first-order valence-electron chi connectivity index (χ1n) is 11.0. The molecule has 4 rings (SSSR count). The molecule has 0 aliphatic carbocycles. The summed E-state index contributed by atoms with van der Waals surface area (Å²) in [6, 6.07) is 18.7. The minimum absolute atomic E-state index is 0.160. The molecule has 3 amide bonds. The summed E-state index contributed by atoms with van der Waals surface area (Å²) in [5.41, 5.74) is 1.41. The van der Waals surface area contributed by atoms with Crippen LogP contribution in [0.15, 0.2) is 66.7 Å². The maximum atomic E-state index is 13.3. The predicted molar refractivity (Wildman–Crippen MR) is 124 cm³/mol. The quantitative estimate of drug-likeness (QED) is 0.654. The van der Waals surface area contributed by atoms with Gasteiger partial charge in [0.15, 0.2) is 0 Å². The number of nitrogens with one attached hydrogen (secondary N) is 1. The molecule has 3 aromatic rings. The van der Waals surface area contributed by atoms with E-state index in [1.54, 1.807) is 9.80 Å². The Labute approximate surface area is 192 Å². The topological polar surface area (TPSA) is 69.7 Å². The number of rotatable bonds is 5. The highest BCUT2D eigenvalue weighted by Crippen LogP contribution is 2.21. The molecule has 3 aromatic carbocycles. The average Bonchev–Trinajstić information content (AvgIpc) is 2.83. The van der Waals surface area contributed by atoms with E-state index in [1.165, 1.54) is 31.2 Å². The van der Waals surface area contributed by atoms with Crippen LogP contribution in [0.25, 0.3) is 10.8 Å². The van der Waals surface area contributed by atoms with Gasteiger partial charge in [-0.05, 0) is 40.6 Å². The second kappa shape index (κ2) is 9.81. The molecule has 0 bridgehead atoms. The monoisotopic (exact) mass is 447 g/mol. The van der Waals surface area contributed by atoms with Crippen LogP contribution in [0.5, 0.6) is 0 Å². The fourth-order valence-corrected chi connectivity index (χ4v) is 4.26. The van der Waals surface area contributed by atoms with E-state index in [2.05, 4.69) is 5.32 Å². The summed E-state index contributed by atoms with van der Waals surface area (Å²) < 4.78 is 13.1. The van der Waals surface area contributed by atoms with Gasteiger partial charge in [0.25, 0.3) is 5.91 Å². The van der Waals surface area contributed by atoms with E-state index in [0.717, 1.165) is 16.3 Å². The second-order valence-corrected chi connectivity index (χ2v) is 8.22. The van der Waals surface area contributed by atoms with Crippen molar-refractivity contribution >= 4 is 28.5 Å². The lowest BCUT2D eigenvalue weighted by Crippen LogP contribution is -2.56. The number of carbonyl (C=O) groups is 3. The summed E-state index contributed by atoms with van der Waals surface area (Å²) in [5, 5.41) is 4.94. The summed E-state index contributed by atoms with van der Waals surface area (Å²) in [6.45, 7) is 2.91. The fourth-order valence-electron chi connectivity index (χ4n) is 4.26. The average molecular weight is 448 g/mol. The van der Waals surface area contributed by atoms with E-state index in [-0.39, 0.29) is 17.7 Å². The fraction of sp³-hybridized carbons (Fsp3) is 0.269. The van der Waals surface area contributed by atoms with Gasteiger partial charge in [-0.25, -0.2) is 4.39 Å². The smallest absolute Gasteiger partial charge is 0.253 e. The van der Waals surface area contributed by atoms with Gasteiger partial charge in [0.05, 0.1) is 0 Å². The Hall–Kier alpha value is -3.74. The molecule has 1 fully saturated rings. The number of piperazine rings is 1. The minimum Gasteiger partial charge on any atom is -0.344 e. The molecule has 0 saturated carbocycles. The number of nitrogens with zero attached hydrogens (tertiary/aromatic N) is 2. The van der Waals surface area contributed by atoms with Crippen molar-refractivity contribution in [1.82, 2.24) is 15.1 Å². The van der Waals surface area contributed by atoms with Gasteiger partial charge >= 0.3 is 0 Å². The van der Waals surface area contributed by atoms with Crippen molar-refractivity contribution in [2.24, 2.45) is 0 Å². The molecule has 1 atom stereocenters. The van der Waals surface area contributed by atoms with E-state index >= 15 is 0 Å². The van der Waals surface area contributed by atoms with E-state index in [1.807, 2.05) is 42.5 Å². The largest absolute Gasteiger partial charge is 0.344 e. The normalized spacial score (nSPS) is 14.7. The molecule has 1 aliphatic heterocycles. The summed E-state index contributed by atoms with van der Waals surface area (Å²) in [5.74, 6) is -1.00. The molecule has 6 nitrogen and oxygen atoms in total. The highest BCUT2D eigenvalue weighted by molar-refractivity contribution is 5.94. The SMILES string of the molecule is CC(=O)NC(Cc1cccc2ccccc12)C(=O)N1CCN(C(=O)c2ccc(F)cc2)CC1. The van der Waals surface area contributed by atoms with Crippen LogP contribution < -0.4 is 5.32 Å². The van der Waals surface area contributed by atoms with Gasteiger partial charge in [-0.15, -0.1) is 0 Å². The van der Waals surface area contributed by atoms with Crippen molar-refractivity contribution in [1.29, 1.82) is 0 Å². The first kappa shape index (κ1) is 22.5. The van der Waals surface area contributed by atoms with Crippen molar-refractivity contribution in [2.45, 2.75) is 19.4 Å². The first-order valence-corrected chi connectivity index (χ1v) is 11.0. The van der Waals surface area contributed by atoms with Crippen LogP contribution >= 0.6 is 0 Å². The van der Waals surface area contributed by atoms with Crippen LogP contribution in [-0.4, -0.2) is 59.7 Å². The van der Waals surface area contributed by atoms with E-state index in [9.17, 15) is 18.8 Å². The Morgan fingerprint density at radius 2 is 1.52 bits per heavy atom. The highest BCUT2D eigenvalue weighted by Gasteiger charge is 2.30. The summed E-state index contributed by atoms with van der Waals surface area (Å²) in [6.07, 6.45) is 0.383. The Morgan fingerprint density at radius 3 is 2.21 bits per heavy atom. The van der Waals surface area contributed by atoms with Crippen LogP contribution in [0.1, 0.15) is 22.8 Å². The Kier molecular flexibility index (Phi) is 6.68. The van der Waals surface area contributed by atoms with Gasteiger partial charge < -0.3 is 15.1 Å². The standard InChI is InChI=1S/C26H26FN3O3/c1-18(31)28-24(17-21-7-4-6-19-5-2-3-8-23(19)21)26(33)30-15-13-29(14-16-30)25(32)20-9-11-22(27)12-10-20/h2-12,24H,13-17H2,1H3,(H,28,31). The number of halogens is 1. The van der Waals surface area contributed by atoms with Gasteiger partial charge in [-0.2, -0.15) is 0 Å². The Morgan fingerprint density at radius 1 is 0.879 bits per heavy atom. The van der Waals surface area contributed by atoms with Crippen LogP contribution in [0.3, 0.4) is 0 Å². The molecule has 33 heavy (non-hydrogen) atoms. The van der Waals surface area contributed by atoms with Gasteiger partial charge in [0.1, 0.15) is 11.9 Å². The molecule has 1 aliphatic rings. The molecular weight excluding hydrogens is 421 g/mol. The Balaban J connectivity index is 1.45. The van der Waals surface area contributed by atoms with Gasteiger partial charge in [-0.3, -0.25) is 14.4 Å². The number of benzene rings is 3. The number of hydrogen-bond donors (Lipinski definition) is 1. The number of hydrogen-bond acceptors (Lipinski definition) is 3. The maximum Gasteiger partial charge on any atom is 0.253 e. The molecular formula is C26H26FN3O3. The summed E-state index contributed by atoms with van der Waals surface area (Å²) >= 11 is 0. The number of carbonyl (C=O) groups excluding carboxylic acids is 3. The zero-order valence-electron chi connectivity index (χ0n) is 18.5. The minimum atomic E-state index is -0.687. The molecule has 1 heterocycles. The molecule has 0 radical (unpaired) electrons. The lowest BCUT2D eigenvalue weighted by molar-refractivity contribution is -0.137. The summed E-state index contributed by atoms with van der Waals surface area (Å²) in [7, 11) is 0. The third kappa shape index (κ3) is 5.19. The van der Waals surface area contributed by atoms with Crippen molar-refractivity contribution < 1.29 is 18.8 Å². The lowest BCUT2D eigenvalue weighted by atomic mass is 9.98. The van der Waals surface area contributed by atoms with Crippen LogP contribution in [0, 0.1) is 5.82 Å². The second-order valence-electron chi connectivity index (χ2n) is 8.22. The lowest BCUT2D eigenvalue weighted by Gasteiger charge is -2.36. The zero-order valence-corrected chi connectivity index (χ0v) is 18.5. The Bertz CT molecular complexity index is 1170. The number of fused-ring (bicyclic) bond motifs is 1. The van der Waals surface area contributed by atoms with Gasteiger partial charge in [0.2, 0.25) is 11.8 Å². The third-order valence-corrected chi connectivity index (χ3v) is 5.95. The zero-order chi connectivity index (χ0) is 23.4. The van der Waals surface area contributed by atoms with E-state index < -0.39 is 11.9 Å². The van der Waals surface area contributed by atoms with Gasteiger partial charge in [0, 0.05) is 45.1 Å². The molecule has 7 heteroatoms. The van der Waals surface area contributed by atoms with Crippen molar-refractivity contribution in [3.63, 3.8) is 0 Å². The van der Waals surface area contributed by atoms with E-state index in [0.29, 0.717) is 38.2 Å². The highest BCUT2D eigenvalue weighted by atomic mass is 19.1. The first-order chi connectivity index (χ1) is 15.9. The molecule has 0 spiro atoms. The van der Waals surface area contributed by atoms with Crippen molar-refractivity contribution in [3.8, 4) is 0 Å². The molecule has 1 saturated heterocycles. The van der Waals surface area contributed by atoms with Crippen LogP contribution in [0.4, 0.5) is 4.39 Å². The van der Waals surface area contributed by atoms with Crippen molar-refractivity contribution in [2.75, 3.05) is 26.2 Å².